The number of nitrogens with one attached hydrogen (secondary N) is 1. The number of amides is 1. The molecule has 0 saturated carbocycles. The molecule has 1 rings (SSSR count). The minimum absolute atomic E-state index is 0.126. The number of carbonyl (C=O) groups excluding carboxylic acids is 1. The average molecular weight is 256 g/mol. The van der Waals surface area contributed by atoms with Gasteiger partial charge in [-0.3, -0.25) is 4.79 Å². The predicted molar refractivity (Wildman–Crippen MR) is 69.4 cm³/mol. The van der Waals surface area contributed by atoms with Crippen LogP contribution in [0.2, 0.25) is 5.02 Å². The second kappa shape index (κ2) is 6.50. The molecular formula is C13H18ClNO2. The van der Waals surface area contributed by atoms with Crippen molar-refractivity contribution in [3.8, 4) is 5.75 Å². The molecule has 3 nitrogen and oxygen atoms in total. The minimum atomic E-state index is -0.548. The van der Waals surface area contributed by atoms with Gasteiger partial charge in [0.15, 0.2) is 6.10 Å². The molecule has 1 N–H and O–H groups in total. The maximum Gasteiger partial charge on any atom is 0.260 e. The summed E-state index contributed by atoms with van der Waals surface area (Å²) in [5.74, 6) is 0.825. The first-order valence-electron chi connectivity index (χ1n) is 5.69. The Kier molecular flexibility index (Phi) is 5.29. The van der Waals surface area contributed by atoms with Crippen molar-refractivity contribution in [2.75, 3.05) is 6.54 Å². The van der Waals surface area contributed by atoms with Crippen LogP contribution in [0, 0.1) is 5.92 Å². The first kappa shape index (κ1) is 13.8. The maximum atomic E-state index is 11.7. The molecule has 0 aromatic heterocycles. The summed E-state index contributed by atoms with van der Waals surface area (Å²) >= 11 is 5.94. The van der Waals surface area contributed by atoms with E-state index in [9.17, 15) is 4.79 Å². The molecule has 0 bridgehead atoms. The zero-order chi connectivity index (χ0) is 12.8. The van der Waals surface area contributed by atoms with E-state index in [0.717, 1.165) is 0 Å². The third-order valence-electron chi connectivity index (χ3n) is 2.19. The van der Waals surface area contributed by atoms with Crippen LogP contribution in [0.4, 0.5) is 0 Å². The standard InChI is InChI=1S/C13H18ClNO2/c1-9(2)8-15-13(16)10(3)17-12-7-5-4-6-11(12)14/h4-7,9-10H,8H2,1-3H3,(H,15,16)/t10-/m1/s1. The summed E-state index contributed by atoms with van der Waals surface area (Å²) in [7, 11) is 0. The molecule has 0 spiro atoms. The molecule has 94 valence electrons. The van der Waals surface area contributed by atoms with Crippen LogP contribution >= 0.6 is 11.6 Å². The summed E-state index contributed by atoms with van der Waals surface area (Å²) in [4.78, 5) is 11.7. The Morgan fingerprint density at radius 3 is 2.59 bits per heavy atom. The lowest BCUT2D eigenvalue weighted by Gasteiger charge is -2.16. The number of benzene rings is 1. The molecule has 0 aliphatic carbocycles. The summed E-state index contributed by atoms with van der Waals surface area (Å²) in [5.41, 5.74) is 0. The summed E-state index contributed by atoms with van der Waals surface area (Å²) in [6.45, 7) is 6.44. The van der Waals surface area contributed by atoms with E-state index < -0.39 is 6.10 Å². The fourth-order valence-corrected chi connectivity index (χ4v) is 1.41. The van der Waals surface area contributed by atoms with Gasteiger partial charge in [-0.2, -0.15) is 0 Å². The Morgan fingerprint density at radius 2 is 2.00 bits per heavy atom. The number of carbonyl (C=O) groups is 1. The highest BCUT2D eigenvalue weighted by atomic mass is 35.5. The Labute approximate surface area is 107 Å². The van der Waals surface area contributed by atoms with Gasteiger partial charge in [0.05, 0.1) is 5.02 Å². The van der Waals surface area contributed by atoms with Crippen LogP contribution in [-0.4, -0.2) is 18.6 Å². The SMILES string of the molecule is CC(C)CNC(=O)[C@@H](C)Oc1ccccc1Cl. The smallest absolute Gasteiger partial charge is 0.260 e. The summed E-state index contributed by atoms with van der Waals surface area (Å²) in [6.07, 6.45) is -0.548. The molecule has 0 unspecified atom stereocenters. The van der Waals surface area contributed by atoms with Gasteiger partial charge in [-0.15, -0.1) is 0 Å². The zero-order valence-corrected chi connectivity index (χ0v) is 11.1. The van der Waals surface area contributed by atoms with Crippen LogP contribution in [0.25, 0.3) is 0 Å². The van der Waals surface area contributed by atoms with Crippen molar-refractivity contribution < 1.29 is 9.53 Å². The largest absolute Gasteiger partial charge is 0.479 e. The summed E-state index contributed by atoms with van der Waals surface area (Å²) in [6, 6.07) is 7.11. The van der Waals surface area contributed by atoms with E-state index in [2.05, 4.69) is 5.32 Å². The lowest BCUT2D eigenvalue weighted by Crippen LogP contribution is -2.38. The highest BCUT2D eigenvalue weighted by Gasteiger charge is 2.15. The lowest BCUT2D eigenvalue weighted by atomic mass is 10.2. The van der Waals surface area contributed by atoms with Crippen molar-refractivity contribution in [1.82, 2.24) is 5.32 Å². The Hall–Kier alpha value is -1.22. The van der Waals surface area contributed by atoms with Gasteiger partial charge in [-0.25, -0.2) is 0 Å². The molecular weight excluding hydrogens is 238 g/mol. The van der Waals surface area contributed by atoms with Gasteiger partial charge in [0.2, 0.25) is 0 Å². The average Bonchev–Trinajstić information content (AvgIpc) is 2.28. The number of hydrogen-bond donors (Lipinski definition) is 1. The van der Waals surface area contributed by atoms with Crippen molar-refractivity contribution in [3.63, 3.8) is 0 Å². The first-order chi connectivity index (χ1) is 8.00. The first-order valence-corrected chi connectivity index (χ1v) is 6.07. The fourth-order valence-electron chi connectivity index (χ4n) is 1.23. The second-order valence-corrected chi connectivity index (χ2v) is 4.74. The molecule has 0 heterocycles. The van der Waals surface area contributed by atoms with Gasteiger partial charge in [-0.05, 0) is 25.0 Å². The van der Waals surface area contributed by atoms with Gasteiger partial charge in [0.25, 0.3) is 5.91 Å². The minimum Gasteiger partial charge on any atom is -0.479 e. The monoisotopic (exact) mass is 255 g/mol. The Morgan fingerprint density at radius 1 is 1.35 bits per heavy atom. The van der Waals surface area contributed by atoms with Crippen molar-refractivity contribution in [1.29, 1.82) is 0 Å². The molecule has 1 atom stereocenters. The number of para-hydroxylation sites is 1. The molecule has 0 radical (unpaired) electrons. The van der Waals surface area contributed by atoms with Crippen LogP contribution in [0.1, 0.15) is 20.8 Å². The van der Waals surface area contributed by atoms with Gasteiger partial charge in [-0.1, -0.05) is 37.6 Å². The van der Waals surface area contributed by atoms with Crippen molar-refractivity contribution >= 4 is 17.5 Å². The van der Waals surface area contributed by atoms with Crippen molar-refractivity contribution in [2.24, 2.45) is 5.92 Å². The van der Waals surface area contributed by atoms with Crippen molar-refractivity contribution in [2.45, 2.75) is 26.9 Å². The number of rotatable bonds is 5. The van der Waals surface area contributed by atoms with Crippen LogP contribution < -0.4 is 10.1 Å². The van der Waals surface area contributed by atoms with Crippen LogP contribution in [0.3, 0.4) is 0 Å². The van der Waals surface area contributed by atoms with Gasteiger partial charge in [0.1, 0.15) is 5.75 Å². The Balaban J connectivity index is 2.51. The molecule has 0 saturated heterocycles. The topological polar surface area (TPSA) is 38.3 Å². The van der Waals surface area contributed by atoms with E-state index in [1.54, 1.807) is 19.1 Å². The lowest BCUT2D eigenvalue weighted by molar-refractivity contribution is -0.127. The molecule has 0 aliphatic heterocycles. The van der Waals surface area contributed by atoms with E-state index in [-0.39, 0.29) is 5.91 Å². The van der Waals surface area contributed by atoms with Crippen LogP contribution in [0.15, 0.2) is 24.3 Å². The summed E-state index contributed by atoms with van der Waals surface area (Å²) in [5, 5.41) is 3.32. The van der Waals surface area contributed by atoms with Gasteiger partial charge < -0.3 is 10.1 Å². The van der Waals surface area contributed by atoms with Crippen molar-refractivity contribution in [3.05, 3.63) is 29.3 Å². The Bertz CT molecular complexity index is 379. The van der Waals surface area contributed by atoms with Crippen LogP contribution in [0.5, 0.6) is 5.75 Å². The highest BCUT2D eigenvalue weighted by Crippen LogP contribution is 2.24. The summed E-state index contributed by atoms with van der Waals surface area (Å²) < 4.78 is 5.50. The van der Waals surface area contributed by atoms with Crippen LogP contribution in [-0.2, 0) is 4.79 Å². The third kappa shape index (κ3) is 4.65. The fraction of sp³-hybridized carbons (Fsp3) is 0.462. The maximum absolute atomic E-state index is 11.7. The van der Waals surface area contributed by atoms with E-state index in [0.29, 0.717) is 23.2 Å². The van der Waals surface area contributed by atoms with E-state index in [4.69, 9.17) is 16.3 Å². The molecule has 1 aromatic carbocycles. The molecule has 4 heteroatoms. The molecule has 0 aliphatic rings. The zero-order valence-electron chi connectivity index (χ0n) is 10.4. The quantitative estimate of drug-likeness (QED) is 0.879. The second-order valence-electron chi connectivity index (χ2n) is 4.33. The third-order valence-corrected chi connectivity index (χ3v) is 2.51. The number of ether oxygens (including phenoxy) is 1. The van der Waals surface area contributed by atoms with E-state index in [1.165, 1.54) is 0 Å². The number of halogens is 1. The van der Waals surface area contributed by atoms with Gasteiger partial charge in [0, 0.05) is 6.54 Å². The molecule has 1 amide bonds. The van der Waals surface area contributed by atoms with E-state index in [1.807, 2.05) is 26.0 Å². The molecule has 1 aromatic rings. The van der Waals surface area contributed by atoms with E-state index >= 15 is 0 Å². The molecule has 0 fully saturated rings. The highest BCUT2D eigenvalue weighted by molar-refractivity contribution is 6.32. The van der Waals surface area contributed by atoms with Gasteiger partial charge >= 0.3 is 0 Å². The normalized spacial score (nSPS) is 12.3. The number of hydrogen-bond acceptors (Lipinski definition) is 2. The predicted octanol–water partition coefficient (Wildman–Crippen LogP) is 2.88. The molecule has 17 heavy (non-hydrogen) atoms.